The first-order valence-corrected chi connectivity index (χ1v) is 12.2. The summed E-state index contributed by atoms with van der Waals surface area (Å²) in [6, 6.07) is 20.1. The predicted octanol–water partition coefficient (Wildman–Crippen LogP) is 4.67. The van der Waals surface area contributed by atoms with Gasteiger partial charge in [0.05, 0.1) is 24.9 Å². The highest BCUT2D eigenvalue weighted by Gasteiger charge is 2.30. The fourth-order valence-electron chi connectivity index (χ4n) is 4.29. The van der Waals surface area contributed by atoms with Crippen molar-refractivity contribution in [2.75, 3.05) is 0 Å². The Bertz CT molecular complexity index is 1510. The van der Waals surface area contributed by atoms with Crippen LogP contribution in [0.15, 0.2) is 100 Å². The Kier molecular flexibility index (Phi) is 7.62. The van der Waals surface area contributed by atoms with Crippen LogP contribution < -0.4 is 10.7 Å². The number of allylic oxidation sites excluding steroid dienone is 1. The fraction of sp³-hybridized carbons (Fsp3) is 0.200. The van der Waals surface area contributed by atoms with Crippen molar-refractivity contribution < 1.29 is 28.2 Å². The molecule has 2 N–H and O–H groups in total. The number of ether oxygens (including phenoxy) is 2. The molecule has 7 nitrogen and oxygen atoms in total. The summed E-state index contributed by atoms with van der Waals surface area (Å²) >= 11 is 0. The minimum absolute atomic E-state index is 0.0246. The Morgan fingerprint density at radius 1 is 1.00 bits per heavy atom. The van der Waals surface area contributed by atoms with Gasteiger partial charge in [-0.3, -0.25) is 9.59 Å². The number of hydrogen-bond acceptors (Lipinski definition) is 6. The molecular formula is C30H26FNO6. The molecule has 1 amide bonds. The fourth-order valence-corrected chi connectivity index (χ4v) is 4.29. The molecule has 38 heavy (non-hydrogen) atoms. The molecule has 0 fully saturated rings. The summed E-state index contributed by atoms with van der Waals surface area (Å²) < 4.78 is 30.8. The standard InChI is InChI=1S/C30H26FNO6/c31-23-11-9-19(10-12-23)15-32-30(35)27-13-22(25-18-36-26-4-2-1-3-24(26)29(25)34)14-28(38-27)37-17-21-7-5-20(16-33)6-8-21/h1-13,18,22,28,33H,14-17H2,(H,32,35)/t22-,28+/m0/s1. The largest absolute Gasteiger partial charge is 0.464 e. The van der Waals surface area contributed by atoms with Gasteiger partial charge in [-0.05, 0) is 47.0 Å². The van der Waals surface area contributed by atoms with Crippen LogP contribution in [0.2, 0.25) is 0 Å². The van der Waals surface area contributed by atoms with Gasteiger partial charge in [0.1, 0.15) is 11.4 Å². The highest BCUT2D eigenvalue weighted by molar-refractivity contribution is 5.91. The van der Waals surface area contributed by atoms with E-state index in [0.29, 0.717) is 23.0 Å². The summed E-state index contributed by atoms with van der Waals surface area (Å²) in [5.74, 6) is -1.30. The van der Waals surface area contributed by atoms with Gasteiger partial charge < -0.3 is 24.3 Å². The zero-order chi connectivity index (χ0) is 26.5. The van der Waals surface area contributed by atoms with E-state index in [9.17, 15) is 19.1 Å². The van der Waals surface area contributed by atoms with Gasteiger partial charge in [-0.2, -0.15) is 0 Å². The summed E-state index contributed by atoms with van der Waals surface area (Å²) in [6.45, 7) is 0.329. The lowest BCUT2D eigenvalue weighted by Crippen LogP contribution is -2.33. The minimum Gasteiger partial charge on any atom is -0.464 e. The average Bonchev–Trinajstić information content (AvgIpc) is 2.96. The van der Waals surface area contributed by atoms with E-state index in [0.717, 1.165) is 16.7 Å². The molecule has 1 aliphatic rings. The van der Waals surface area contributed by atoms with Crippen molar-refractivity contribution >= 4 is 16.9 Å². The molecule has 0 saturated carbocycles. The third kappa shape index (κ3) is 5.82. The predicted molar refractivity (Wildman–Crippen MR) is 138 cm³/mol. The highest BCUT2D eigenvalue weighted by atomic mass is 19.1. The molecule has 0 unspecified atom stereocenters. The van der Waals surface area contributed by atoms with E-state index in [1.165, 1.54) is 18.4 Å². The van der Waals surface area contributed by atoms with Crippen LogP contribution in [0, 0.1) is 5.82 Å². The lowest BCUT2D eigenvalue weighted by atomic mass is 9.93. The lowest BCUT2D eigenvalue weighted by Gasteiger charge is -2.29. The summed E-state index contributed by atoms with van der Waals surface area (Å²) in [7, 11) is 0. The number of para-hydroxylation sites is 1. The van der Waals surface area contributed by atoms with Crippen LogP contribution in [-0.4, -0.2) is 17.3 Å². The molecule has 194 valence electrons. The topological polar surface area (TPSA) is 98.0 Å². The number of amides is 1. The second-order valence-electron chi connectivity index (χ2n) is 9.03. The first-order valence-electron chi connectivity index (χ1n) is 12.2. The molecule has 0 bridgehead atoms. The number of rotatable bonds is 8. The van der Waals surface area contributed by atoms with Gasteiger partial charge in [-0.15, -0.1) is 0 Å². The van der Waals surface area contributed by atoms with E-state index in [2.05, 4.69) is 5.32 Å². The van der Waals surface area contributed by atoms with Crippen LogP contribution in [0.3, 0.4) is 0 Å². The maximum absolute atomic E-state index is 13.3. The number of benzene rings is 3. The number of aliphatic hydroxyl groups is 1. The van der Waals surface area contributed by atoms with E-state index in [4.69, 9.17) is 13.9 Å². The molecule has 4 aromatic rings. The molecule has 2 atom stereocenters. The number of halogens is 1. The quantitative estimate of drug-likeness (QED) is 0.354. The summed E-state index contributed by atoms with van der Waals surface area (Å²) in [4.78, 5) is 26.3. The third-order valence-electron chi connectivity index (χ3n) is 6.40. The van der Waals surface area contributed by atoms with Gasteiger partial charge in [0.2, 0.25) is 6.29 Å². The van der Waals surface area contributed by atoms with Crippen LogP contribution in [0.5, 0.6) is 0 Å². The maximum Gasteiger partial charge on any atom is 0.286 e. The molecule has 0 spiro atoms. The Labute approximate surface area is 218 Å². The van der Waals surface area contributed by atoms with E-state index in [1.54, 1.807) is 54.6 Å². The van der Waals surface area contributed by atoms with E-state index in [-0.39, 0.29) is 36.8 Å². The maximum atomic E-state index is 13.3. The van der Waals surface area contributed by atoms with Crippen molar-refractivity contribution in [3.05, 3.63) is 129 Å². The number of carbonyl (C=O) groups excluding carboxylic acids is 1. The van der Waals surface area contributed by atoms with E-state index < -0.39 is 18.1 Å². The molecular weight excluding hydrogens is 489 g/mol. The van der Waals surface area contributed by atoms with Gasteiger partial charge in [-0.1, -0.05) is 48.5 Å². The number of nitrogens with one attached hydrogen (secondary N) is 1. The van der Waals surface area contributed by atoms with Crippen molar-refractivity contribution in [1.29, 1.82) is 0 Å². The van der Waals surface area contributed by atoms with Gasteiger partial charge in [0.15, 0.2) is 11.2 Å². The minimum atomic E-state index is -0.806. The molecule has 8 heteroatoms. The van der Waals surface area contributed by atoms with Crippen LogP contribution >= 0.6 is 0 Å². The van der Waals surface area contributed by atoms with Crippen molar-refractivity contribution in [3.63, 3.8) is 0 Å². The average molecular weight is 516 g/mol. The first kappa shape index (κ1) is 25.4. The van der Waals surface area contributed by atoms with Gasteiger partial charge in [0.25, 0.3) is 5.91 Å². The summed E-state index contributed by atoms with van der Waals surface area (Å²) in [5, 5.41) is 12.5. The normalized spacial score (nSPS) is 17.1. The number of aliphatic hydroxyl groups excluding tert-OH is 1. The first-order chi connectivity index (χ1) is 18.5. The van der Waals surface area contributed by atoms with E-state index >= 15 is 0 Å². The molecule has 0 aliphatic carbocycles. The molecule has 2 heterocycles. The van der Waals surface area contributed by atoms with Crippen LogP contribution in [0.25, 0.3) is 11.0 Å². The van der Waals surface area contributed by atoms with Crippen molar-refractivity contribution in [1.82, 2.24) is 5.32 Å². The molecule has 5 rings (SSSR count). The van der Waals surface area contributed by atoms with Crippen molar-refractivity contribution in [2.45, 2.75) is 38.4 Å². The molecule has 0 saturated heterocycles. The zero-order valence-corrected chi connectivity index (χ0v) is 20.4. The van der Waals surface area contributed by atoms with Gasteiger partial charge in [-0.25, -0.2) is 4.39 Å². The summed E-state index contributed by atoms with van der Waals surface area (Å²) in [5.41, 5.74) is 3.07. The Morgan fingerprint density at radius 2 is 1.71 bits per heavy atom. The van der Waals surface area contributed by atoms with Crippen molar-refractivity contribution in [3.8, 4) is 0 Å². The third-order valence-corrected chi connectivity index (χ3v) is 6.40. The van der Waals surface area contributed by atoms with Crippen LogP contribution in [0.1, 0.15) is 34.6 Å². The second kappa shape index (κ2) is 11.4. The molecule has 1 aliphatic heterocycles. The van der Waals surface area contributed by atoms with Crippen LogP contribution in [0.4, 0.5) is 4.39 Å². The Morgan fingerprint density at radius 3 is 2.47 bits per heavy atom. The van der Waals surface area contributed by atoms with Crippen molar-refractivity contribution in [2.24, 2.45) is 0 Å². The SMILES string of the molecule is O=C(NCc1ccc(F)cc1)C1=C[C@H](c2coc3ccccc3c2=O)C[C@H](OCc2ccc(CO)cc2)O1. The summed E-state index contributed by atoms with van der Waals surface area (Å²) in [6.07, 6.45) is 2.53. The monoisotopic (exact) mass is 515 g/mol. The molecule has 1 aromatic heterocycles. The zero-order valence-electron chi connectivity index (χ0n) is 20.4. The number of fused-ring (bicyclic) bond motifs is 1. The van der Waals surface area contributed by atoms with Crippen LogP contribution in [-0.2, 0) is 34.0 Å². The highest BCUT2D eigenvalue weighted by Crippen LogP contribution is 2.31. The molecule has 3 aromatic carbocycles. The Balaban J connectivity index is 1.38. The Hall–Kier alpha value is -4.27. The number of carbonyl (C=O) groups is 1. The lowest BCUT2D eigenvalue weighted by molar-refractivity contribution is -0.150. The van der Waals surface area contributed by atoms with E-state index in [1.807, 2.05) is 12.1 Å². The number of hydrogen-bond donors (Lipinski definition) is 2. The smallest absolute Gasteiger partial charge is 0.286 e. The second-order valence-corrected chi connectivity index (χ2v) is 9.03. The molecule has 0 radical (unpaired) electrons. The van der Waals surface area contributed by atoms with Gasteiger partial charge in [0, 0.05) is 24.4 Å². The van der Waals surface area contributed by atoms with Gasteiger partial charge >= 0.3 is 0 Å².